The van der Waals surface area contributed by atoms with Crippen molar-refractivity contribution in [2.45, 2.75) is 38.1 Å². The number of hydrogen-bond acceptors (Lipinski definition) is 7. The standard InChI is InChI=1S/C26H26N2O7/c1-26(2)25(30)24(34-18-7-5-4-6-8-18)19-14-20(21(28(31)32)15-22(19)35-26)27-23(29)13-16-9-11-17(33-3)12-10-16/h4-12,14-15,24-25,30H,13H2,1-3H3,(H,27,29)/t24-,25+/m0/s1. The van der Waals surface area contributed by atoms with E-state index >= 15 is 0 Å². The van der Waals surface area contributed by atoms with Crippen LogP contribution in [0.1, 0.15) is 31.1 Å². The summed E-state index contributed by atoms with van der Waals surface area (Å²) in [4.78, 5) is 24.0. The topological polar surface area (TPSA) is 120 Å². The van der Waals surface area contributed by atoms with Gasteiger partial charge >= 0.3 is 0 Å². The maximum absolute atomic E-state index is 12.7. The van der Waals surface area contributed by atoms with Gasteiger partial charge in [0.25, 0.3) is 5.69 Å². The number of nitro groups is 1. The van der Waals surface area contributed by atoms with Crippen LogP contribution in [0.15, 0.2) is 66.7 Å². The SMILES string of the molecule is COc1ccc(CC(=O)Nc2cc3c(cc2[N+](=O)[O-])OC(C)(C)[C@H](O)[C@H]3Oc2ccccc2)cc1. The summed E-state index contributed by atoms with van der Waals surface area (Å²) in [5, 5.41) is 25.5. The van der Waals surface area contributed by atoms with Gasteiger partial charge in [0.2, 0.25) is 5.91 Å². The first-order valence-corrected chi connectivity index (χ1v) is 11.0. The van der Waals surface area contributed by atoms with E-state index < -0.39 is 28.6 Å². The molecule has 3 aromatic rings. The van der Waals surface area contributed by atoms with E-state index in [9.17, 15) is 20.0 Å². The van der Waals surface area contributed by atoms with Crippen LogP contribution in [0.5, 0.6) is 17.2 Å². The molecule has 1 amide bonds. The van der Waals surface area contributed by atoms with E-state index in [-0.39, 0.29) is 23.5 Å². The van der Waals surface area contributed by atoms with Crippen molar-refractivity contribution in [3.05, 3.63) is 88.0 Å². The van der Waals surface area contributed by atoms with Gasteiger partial charge in [-0.3, -0.25) is 14.9 Å². The number of benzene rings is 3. The number of para-hydroxylation sites is 1. The van der Waals surface area contributed by atoms with E-state index in [1.165, 1.54) is 12.1 Å². The zero-order valence-electron chi connectivity index (χ0n) is 19.6. The first-order valence-electron chi connectivity index (χ1n) is 11.0. The second-order valence-corrected chi connectivity index (χ2v) is 8.74. The van der Waals surface area contributed by atoms with Gasteiger partial charge in [-0.1, -0.05) is 30.3 Å². The highest BCUT2D eigenvalue weighted by atomic mass is 16.6. The molecule has 2 atom stereocenters. The Morgan fingerprint density at radius 3 is 2.43 bits per heavy atom. The number of ether oxygens (including phenoxy) is 3. The Balaban J connectivity index is 1.67. The van der Waals surface area contributed by atoms with Gasteiger partial charge in [0.05, 0.1) is 24.5 Å². The molecule has 3 aromatic carbocycles. The number of nitrogens with zero attached hydrogens (tertiary/aromatic N) is 1. The fraction of sp³-hybridized carbons (Fsp3) is 0.269. The summed E-state index contributed by atoms with van der Waals surface area (Å²) in [6, 6.07) is 18.6. The number of anilines is 1. The molecule has 35 heavy (non-hydrogen) atoms. The largest absolute Gasteiger partial charge is 0.497 e. The Labute approximate surface area is 202 Å². The lowest BCUT2D eigenvalue weighted by Crippen LogP contribution is -2.50. The molecule has 1 aliphatic rings. The number of amides is 1. The normalized spacial score (nSPS) is 18.1. The van der Waals surface area contributed by atoms with E-state index in [1.54, 1.807) is 69.5 Å². The second kappa shape index (κ2) is 9.63. The number of nitrogens with one attached hydrogen (secondary N) is 1. The molecule has 0 spiro atoms. The average Bonchev–Trinajstić information content (AvgIpc) is 2.83. The van der Waals surface area contributed by atoms with Crippen LogP contribution in [0.2, 0.25) is 0 Å². The van der Waals surface area contributed by atoms with E-state index in [1.807, 2.05) is 6.07 Å². The summed E-state index contributed by atoms with van der Waals surface area (Å²) in [6.07, 6.45) is -1.96. The molecule has 0 radical (unpaired) electrons. The number of nitro benzene ring substituents is 1. The zero-order chi connectivity index (χ0) is 25.2. The molecule has 0 saturated heterocycles. The number of aliphatic hydroxyl groups excluding tert-OH is 1. The fourth-order valence-corrected chi connectivity index (χ4v) is 3.92. The van der Waals surface area contributed by atoms with Gasteiger partial charge in [-0.05, 0) is 49.7 Å². The van der Waals surface area contributed by atoms with Gasteiger partial charge in [0.15, 0.2) is 6.10 Å². The molecule has 182 valence electrons. The number of hydrogen-bond donors (Lipinski definition) is 2. The van der Waals surface area contributed by atoms with Gasteiger partial charge in [0.1, 0.15) is 34.6 Å². The molecular formula is C26H26N2O7. The molecule has 0 fully saturated rings. The predicted molar refractivity (Wildman–Crippen MR) is 129 cm³/mol. The molecule has 0 aromatic heterocycles. The second-order valence-electron chi connectivity index (χ2n) is 8.74. The smallest absolute Gasteiger partial charge is 0.296 e. The van der Waals surface area contributed by atoms with Gasteiger partial charge < -0.3 is 24.6 Å². The molecule has 9 nitrogen and oxygen atoms in total. The Kier molecular flexibility index (Phi) is 6.61. The monoisotopic (exact) mass is 478 g/mol. The van der Waals surface area contributed by atoms with Crippen LogP contribution in [-0.2, 0) is 11.2 Å². The van der Waals surface area contributed by atoms with Crippen LogP contribution in [0.4, 0.5) is 11.4 Å². The first kappa shape index (κ1) is 24.0. The minimum Gasteiger partial charge on any atom is -0.497 e. The molecule has 0 unspecified atom stereocenters. The third-order valence-electron chi connectivity index (χ3n) is 5.81. The Morgan fingerprint density at radius 2 is 1.80 bits per heavy atom. The molecule has 2 N–H and O–H groups in total. The van der Waals surface area contributed by atoms with Crippen molar-refractivity contribution in [2.75, 3.05) is 12.4 Å². The molecule has 1 aliphatic heterocycles. The minimum atomic E-state index is -1.08. The molecule has 0 aliphatic carbocycles. The predicted octanol–water partition coefficient (Wildman–Crippen LogP) is 4.44. The van der Waals surface area contributed by atoms with Crippen molar-refractivity contribution in [2.24, 2.45) is 0 Å². The number of aliphatic hydroxyl groups is 1. The third kappa shape index (κ3) is 5.20. The van der Waals surface area contributed by atoms with Crippen LogP contribution in [0.25, 0.3) is 0 Å². The Hall–Kier alpha value is -4.11. The lowest BCUT2D eigenvalue weighted by atomic mass is 9.88. The summed E-state index contributed by atoms with van der Waals surface area (Å²) in [5.41, 5.74) is -0.290. The van der Waals surface area contributed by atoms with Crippen molar-refractivity contribution < 1.29 is 29.0 Å². The highest BCUT2D eigenvalue weighted by molar-refractivity contribution is 5.95. The van der Waals surface area contributed by atoms with Crippen LogP contribution in [0.3, 0.4) is 0 Å². The molecule has 1 heterocycles. The van der Waals surface area contributed by atoms with Gasteiger partial charge in [-0.25, -0.2) is 0 Å². The summed E-state index contributed by atoms with van der Waals surface area (Å²) in [7, 11) is 1.55. The summed E-state index contributed by atoms with van der Waals surface area (Å²) >= 11 is 0. The lowest BCUT2D eigenvalue weighted by Gasteiger charge is -2.41. The third-order valence-corrected chi connectivity index (χ3v) is 5.81. The van der Waals surface area contributed by atoms with Crippen molar-refractivity contribution in [3.8, 4) is 17.2 Å². The number of rotatable bonds is 7. The van der Waals surface area contributed by atoms with E-state index in [2.05, 4.69) is 5.32 Å². The average molecular weight is 479 g/mol. The molecule has 9 heteroatoms. The zero-order valence-corrected chi connectivity index (χ0v) is 19.6. The molecule has 0 saturated carbocycles. The maximum Gasteiger partial charge on any atom is 0.296 e. The summed E-state index contributed by atoms with van der Waals surface area (Å²) < 4.78 is 17.1. The van der Waals surface area contributed by atoms with Crippen LogP contribution < -0.4 is 19.5 Å². The lowest BCUT2D eigenvalue weighted by molar-refractivity contribution is -0.384. The number of methoxy groups -OCH3 is 1. The fourth-order valence-electron chi connectivity index (χ4n) is 3.92. The number of carbonyl (C=O) groups excluding carboxylic acids is 1. The van der Waals surface area contributed by atoms with E-state index in [0.717, 1.165) is 5.56 Å². The van der Waals surface area contributed by atoms with Gasteiger partial charge in [-0.2, -0.15) is 0 Å². The van der Waals surface area contributed by atoms with Crippen LogP contribution in [0, 0.1) is 10.1 Å². The first-order chi connectivity index (χ1) is 16.7. The highest BCUT2D eigenvalue weighted by Gasteiger charge is 2.45. The summed E-state index contributed by atoms with van der Waals surface area (Å²) in [6.45, 7) is 3.36. The molecule has 0 bridgehead atoms. The minimum absolute atomic E-state index is 0.00827. The van der Waals surface area contributed by atoms with E-state index in [4.69, 9.17) is 14.2 Å². The quantitative estimate of drug-likeness (QED) is 0.381. The van der Waals surface area contributed by atoms with Crippen LogP contribution >= 0.6 is 0 Å². The van der Waals surface area contributed by atoms with Crippen molar-refractivity contribution in [1.82, 2.24) is 0 Å². The molecular weight excluding hydrogens is 452 g/mol. The van der Waals surface area contributed by atoms with Crippen molar-refractivity contribution >= 4 is 17.3 Å². The van der Waals surface area contributed by atoms with E-state index in [0.29, 0.717) is 17.1 Å². The van der Waals surface area contributed by atoms with Gasteiger partial charge in [-0.15, -0.1) is 0 Å². The highest BCUT2D eigenvalue weighted by Crippen LogP contribution is 2.46. The number of carbonyl (C=O) groups is 1. The maximum atomic E-state index is 12.7. The summed E-state index contributed by atoms with van der Waals surface area (Å²) in [5.74, 6) is 0.950. The Bertz CT molecular complexity index is 1230. The number of fused-ring (bicyclic) bond motifs is 1. The Morgan fingerprint density at radius 1 is 1.11 bits per heavy atom. The van der Waals surface area contributed by atoms with Gasteiger partial charge in [0, 0.05) is 5.56 Å². The van der Waals surface area contributed by atoms with Crippen molar-refractivity contribution in [3.63, 3.8) is 0 Å². The molecule has 4 rings (SSSR count). The van der Waals surface area contributed by atoms with Crippen molar-refractivity contribution in [1.29, 1.82) is 0 Å². The van der Waals surface area contributed by atoms with Crippen LogP contribution in [-0.4, -0.2) is 34.8 Å².